The average Bonchev–Trinajstić information content (AvgIpc) is 2.73. The summed E-state index contributed by atoms with van der Waals surface area (Å²) in [4.78, 5) is 26.7. The summed E-state index contributed by atoms with van der Waals surface area (Å²) in [6.07, 6.45) is 2.63. The van der Waals surface area contributed by atoms with Gasteiger partial charge in [-0.05, 0) is 13.3 Å². The minimum atomic E-state index is -0.149. The first-order chi connectivity index (χ1) is 8.15. The van der Waals surface area contributed by atoms with Crippen LogP contribution in [0, 0.1) is 12.8 Å². The summed E-state index contributed by atoms with van der Waals surface area (Å²) in [6.45, 7) is 2.50. The number of oxazole rings is 1. The van der Waals surface area contributed by atoms with Crippen LogP contribution >= 0.6 is 0 Å². The summed E-state index contributed by atoms with van der Waals surface area (Å²) in [5, 5.41) is 5.43. The molecule has 6 heteroatoms. The van der Waals surface area contributed by atoms with Crippen LogP contribution in [0.1, 0.15) is 24.5 Å². The molecular formula is C11H15N3O3. The van der Waals surface area contributed by atoms with Gasteiger partial charge >= 0.3 is 0 Å². The molecule has 1 fully saturated rings. The van der Waals surface area contributed by atoms with Crippen LogP contribution in [0.2, 0.25) is 0 Å². The highest BCUT2D eigenvalue weighted by atomic mass is 16.4. The number of hydrogen-bond acceptors (Lipinski definition) is 4. The molecule has 17 heavy (non-hydrogen) atoms. The largest absolute Gasteiger partial charge is 0.444 e. The van der Waals surface area contributed by atoms with E-state index in [-0.39, 0.29) is 24.3 Å². The molecule has 0 radical (unpaired) electrons. The molecule has 1 aromatic rings. The third kappa shape index (κ3) is 3.05. The maximum Gasteiger partial charge on any atom is 0.225 e. The fourth-order valence-corrected chi connectivity index (χ4v) is 1.75. The number of hydrogen-bond donors (Lipinski definition) is 2. The lowest BCUT2D eigenvalue weighted by Gasteiger charge is -2.21. The lowest BCUT2D eigenvalue weighted by molar-refractivity contribution is -0.129. The highest BCUT2D eigenvalue weighted by Crippen LogP contribution is 2.11. The molecule has 1 aliphatic heterocycles. The number of aryl methyl sites for hydroxylation is 1. The van der Waals surface area contributed by atoms with E-state index in [1.54, 1.807) is 13.1 Å². The van der Waals surface area contributed by atoms with Crippen molar-refractivity contribution in [2.24, 2.45) is 5.92 Å². The lowest BCUT2D eigenvalue weighted by atomic mass is 9.98. The van der Waals surface area contributed by atoms with Crippen molar-refractivity contribution in [2.45, 2.75) is 26.3 Å². The first-order valence-corrected chi connectivity index (χ1v) is 5.61. The fourth-order valence-electron chi connectivity index (χ4n) is 1.75. The van der Waals surface area contributed by atoms with Crippen molar-refractivity contribution in [3.63, 3.8) is 0 Å². The molecule has 1 unspecified atom stereocenters. The first-order valence-electron chi connectivity index (χ1n) is 5.61. The van der Waals surface area contributed by atoms with Gasteiger partial charge in [0.25, 0.3) is 0 Å². The van der Waals surface area contributed by atoms with Crippen LogP contribution in [0.5, 0.6) is 0 Å². The molecule has 0 spiro atoms. The number of amides is 2. The van der Waals surface area contributed by atoms with E-state index < -0.39 is 0 Å². The molecule has 1 saturated heterocycles. The monoisotopic (exact) mass is 237 g/mol. The van der Waals surface area contributed by atoms with E-state index in [1.165, 1.54) is 0 Å². The average molecular weight is 237 g/mol. The van der Waals surface area contributed by atoms with Gasteiger partial charge in [0, 0.05) is 13.0 Å². The van der Waals surface area contributed by atoms with Gasteiger partial charge in [-0.15, -0.1) is 0 Å². The fraction of sp³-hybridized carbons (Fsp3) is 0.545. The molecule has 2 amide bonds. The molecule has 2 rings (SSSR count). The van der Waals surface area contributed by atoms with E-state index >= 15 is 0 Å². The maximum atomic E-state index is 11.8. The number of carbonyl (C=O) groups excluding carboxylic acids is 2. The van der Waals surface area contributed by atoms with E-state index in [0.29, 0.717) is 25.3 Å². The van der Waals surface area contributed by atoms with Crippen molar-refractivity contribution in [1.29, 1.82) is 0 Å². The second kappa shape index (κ2) is 4.99. The molecule has 1 aromatic heterocycles. The Balaban J connectivity index is 1.79. The molecule has 0 aliphatic carbocycles. The number of carbonyl (C=O) groups is 2. The van der Waals surface area contributed by atoms with Crippen LogP contribution in [-0.2, 0) is 16.1 Å². The maximum absolute atomic E-state index is 11.8. The molecule has 0 bridgehead atoms. The summed E-state index contributed by atoms with van der Waals surface area (Å²) in [7, 11) is 0. The van der Waals surface area contributed by atoms with Crippen LogP contribution < -0.4 is 10.6 Å². The van der Waals surface area contributed by atoms with Gasteiger partial charge in [0.2, 0.25) is 17.7 Å². The Labute approximate surface area is 98.8 Å². The van der Waals surface area contributed by atoms with Crippen LogP contribution in [0.3, 0.4) is 0 Å². The van der Waals surface area contributed by atoms with Crippen molar-refractivity contribution in [1.82, 2.24) is 15.6 Å². The number of rotatable bonds is 3. The predicted molar refractivity (Wildman–Crippen MR) is 58.8 cm³/mol. The molecule has 6 nitrogen and oxygen atoms in total. The summed E-state index contributed by atoms with van der Waals surface area (Å²) >= 11 is 0. The topological polar surface area (TPSA) is 84.2 Å². The Morgan fingerprint density at radius 3 is 3.12 bits per heavy atom. The van der Waals surface area contributed by atoms with E-state index in [4.69, 9.17) is 4.42 Å². The van der Waals surface area contributed by atoms with E-state index in [9.17, 15) is 9.59 Å². The Kier molecular flexibility index (Phi) is 3.41. The van der Waals surface area contributed by atoms with Gasteiger partial charge in [0.15, 0.2) is 0 Å². The van der Waals surface area contributed by atoms with Crippen LogP contribution in [0.15, 0.2) is 10.6 Å². The number of nitrogens with one attached hydrogen (secondary N) is 2. The molecule has 92 valence electrons. The van der Waals surface area contributed by atoms with Gasteiger partial charge in [-0.2, -0.15) is 0 Å². The highest BCUT2D eigenvalue weighted by Gasteiger charge is 2.24. The molecular weight excluding hydrogens is 222 g/mol. The minimum Gasteiger partial charge on any atom is -0.444 e. The second-order valence-electron chi connectivity index (χ2n) is 4.12. The zero-order valence-electron chi connectivity index (χ0n) is 9.66. The highest BCUT2D eigenvalue weighted by molar-refractivity contribution is 5.83. The Hall–Kier alpha value is -1.85. The van der Waals surface area contributed by atoms with Crippen molar-refractivity contribution in [3.8, 4) is 0 Å². The van der Waals surface area contributed by atoms with Gasteiger partial charge in [-0.1, -0.05) is 0 Å². The van der Waals surface area contributed by atoms with E-state index in [1.807, 2.05) is 0 Å². The number of piperidine rings is 1. The Morgan fingerprint density at radius 1 is 1.71 bits per heavy atom. The summed E-state index contributed by atoms with van der Waals surface area (Å²) in [5.41, 5.74) is 0. The zero-order chi connectivity index (χ0) is 12.3. The number of aromatic nitrogens is 1. The molecule has 1 aliphatic rings. The summed E-state index contributed by atoms with van der Waals surface area (Å²) in [5.74, 6) is 1.01. The Morgan fingerprint density at radius 2 is 2.53 bits per heavy atom. The van der Waals surface area contributed by atoms with Crippen LogP contribution in [-0.4, -0.2) is 23.3 Å². The quantitative estimate of drug-likeness (QED) is 0.782. The van der Waals surface area contributed by atoms with Crippen molar-refractivity contribution in [2.75, 3.05) is 6.54 Å². The van der Waals surface area contributed by atoms with Gasteiger partial charge in [-0.25, -0.2) is 4.98 Å². The minimum absolute atomic E-state index is 0.0115. The van der Waals surface area contributed by atoms with Crippen LogP contribution in [0.4, 0.5) is 0 Å². The molecule has 2 heterocycles. The van der Waals surface area contributed by atoms with Crippen molar-refractivity contribution >= 4 is 11.8 Å². The SMILES string of the molecule is Cc1cnc(CNC(=O)C2CCC(=O)NC2)o1. The van der Waals surface area contributed by atoms with Gasteiger partial charge in [-0.3, -0.25) is 9.59 Å². The van der Waals surface area contributed by atoms with E-state index in [2.05, 4.69) is 15.6 Å². The number of nitrogens with zero attached hydrogens (tertiary/aromatic N) is 1. The Bertz CT molecular complexity index is 417. The van der Waals surface area contributed by atoms with Crippen molar-refractivity contribution < 1.29 is 14.0 Å². The van der Waals surface area contributed by atoms with Gasteiger partial charge < -0.3 is 15.1 Å². The van der Waals surface area contributed by atoms with Crippen molar-refractivity contribution in [3.05, 3.63) is 17.8 Å². The first kappa shape index (κ1) is 11.6. The predicted octanol–water partition coefficient (Wildman–Crippen LogP) is 0.125. The third-order valence-electron chi connectivity index (χ3n) is 2.72. The van der Waals surface area contributed by atoms with Gasteiger partial charge in [0.1, 0.15) is 5.76 Å². The van der Waals surface area contributed by atoms with Gasteiger partial charge in [0.05, 0.1) is 18.7 Å². The molecule has 0 aromatic carbocycles. The van der Waals surface area contributed by atoms with E-state index in [0.717, 1.165) is 5.76 Å². The standard InChI is InChI=1S/C11H15N3O3/c1-7-4-13-10(17-7)6-14-11(16)8-2-3-9(15)12-5-8/h4,8H,2-3,5-6H2,1H3,(H,12,15)(H,14,16). The normalized spacial score (nSPS) is 19.8. The second-order valence-corrected chi connectivity index (χ2v) is 4.12. The third-order valence-corrected chi connectivity index (χ3v) is 2.72. The summed E-state index contributed by atoms with van der Waals surface area (Å²) < 4.78 is 5.24. The molecule has 1 atom stereocenters. The smallest absolute Gasteiger partial charge is 0.225 e. The summed E-state index contributed by atoms with van der Waals surface area (Å²) in [6, 6.07) is 0. The molecule has 2 N–H and O–H groups in total. The molecule has 0 saturated carbocycles. The van der Waals surface area contributed by atoms with Crippen LogP contribution in [0.25, 0.3) is 0 Å². The lowest BCUT2D eigenvalue weighted by Crippen LogP contribution is -2.42. The zero-order valence-corrected chi connectivity index (χ0v) is 9.66.